The topological polar surface area (TPSA) is 342 Å². The molecule has 5 amide bonds. The van der Waals surface area contributed by atoms with Crippen LogP contribution in [0.2, 0.25) is 15.1 Å². The van der Waals surface area contributed by atoms with E-state index in [9.17, 15) is 46.7 Å². The number of carbonyl (C=O) groups is 8. The molecule has 2 aromatic heterocycles. The molecule has 7 rings (SSSR count). The number of amides is 5. The van der Waals surface area contributed by atoms with Crippen molar-refractivity contribution in [2.75, 3.05) is 19.0 Å². The van der Waals surface area contributed by atoms with Crippen molar-refractivity contribution in [2.24, 2.45) is 35.0 Å². The minimum atomic E-state index is -1.02. The molecule has 508 valence electrons. The van der Waals surface area contributed by atoms with Gasteiger partial charge in [-0.3, -0.25) is 47.7 Å². The maximum atomic E-state index is 14.1. The molecule has 31 heteroatoms. The van der Waals surface area contributed by atoms with Gasteiger partial charge in [-0.05, 0) is 80.8 Å². The molecular formula is C64H80Cl4F3K2N11O11. The van der Waals surface area contributed by atoms with Crippen molar-refractivity contribution in [3.8, 4) is 0 Å². The summed E-state index contributed by atoms with van der Waals surface area (Å²) >= 11 is 22.4. The molecule has 0 bridgehead atoms. The second-order valence-corrected chi connectivity index (χ2v) is 23.2. The first kappa shape index (κ1) is 90.1. The number of carboxylic acid groups (broad SMARTS) is 1. The number of alkyl halides is 1. The quantitative estimate of drug-likeness (QED) is 0.0150. The number of aliphatic carboxylic acids is 1. The van der Waals surface area contributed by atoms with E-state index >= 15 is 0 Å². The molecule has 10 N–H and O–H groups in total. The van der Waals surface area contributed by atoms with E-state index in [1.807, 2.05) is 34.6 Å². The largest absolute Gasteiger partial charge is 1.00 e. The number of aromatic nitrogens is 4. The Labute approximate surface area is 656 Å². The van der Waals surface area contributed by atoms with Gasteiger partial charge in [-0.1, -0.05) is 149 Å². The number of nitrogens with zero attached hydrogens (tertiary/aromatic N) is 5. The molecular weight excluding hydrogens is 1380 g/mol. The Balaban J connectivity index is 0. The number of carboxylic acids is 1. The fourth-order valence-electron chi connectivity index (χ4n) is 7.63. The van der Waals surface area contributed by atoms with Crippen LogP contribution >= 0.6 is 46.4 Å². The zero-order valence-electron chi connectivity index (χ0n) is 55.9. The molecule has 2 heterocycles. The average molecular weight is 1460 g/mol. The van der Waals surface area contributed by atoms with Crippen LogP contribution in [0.15, 0.2) is 103 Å². The molecule has 0 aliphatic carbocycles. The summed E-state index contributed by atoms with van der Waals surface area (Å²) in [4.78, 5) is 94.7. The minimum Gasteiger partial charge on any atom is -1.00 e. The van der Waals surface area contributed by atoms with Crippen molar-refractivity contribution in [1.82, 2.24) is 40.4 Å². The zero-order valence-corrected chi connectivity index (χ0v) is 64.1. The van der Waals surface area contributed by atoms with Crippen LogP contribution in [0.3, 0.4) is 0 Å². The minimum absolute atomic E-state index is 0. The van der Waals surface area contributed by atoms with Gasteiger partial charge in [-0.2, -0.15) is 10.2 Å². The van der Waals surface area contributed by atoms with E-state index in [1.54, 1.807) is 78.9 Å². The number of hydrogen-bond acceptors (Lipinski definition) is 14. The summed E-state index contributed by atoms with van der Waals surface area (Å²) in [6, 6.07) is 28.2. The van der Waals surface area contributed by atoms with E-state index < -0.39 is 41.1 Å². The molecule has 3 unspecified atom stereocenters. The number of aryl methyl sites for hydroxylation is 1. The van der Waals surface area contributed by atoms with Crippen LogP contribution in [0.4, 0.5) is 13.2 Å². The zero-order chi connectivity index (χ0) is 70.2. The smallest absolute Gasteiger partial charge is 1.00 e. The van der Waals surface area contributed by atoms with Crippen molar-refractivity contribution >= 4 is 116 Å². The first-order chi connectivity index (χ1) is 43.8. The number of halogens is 7. The van der Waals surface area contributed by atoms with Gasteiger partial charge < -0.3 is 54.7 Å². The van der Waals surface area contributed by atoms with E-state index in [0.29, 0.717) is 57.2 Å². The van der Waals surface area contributed by atoms with Crippen molar-refractivity contribution < 1.29 is 171 Å². The first-order valence-corrected chi connectivity index (χ1v) is 30.6. The van der Waals surface area contributed by atoms with Gasteiger partial charge in [0.2, 0.25) is 17.7 Å². The van der Waals surface area contributed by atoms with Crippen molar-refractivity contribution in [1.29, 1.82) is 0 Å². The average Bonchev–Trinajstić information content (AvgIpc) is 1.65. The molecule has 95 heavy (non-hydrogen) atoms. The Bertz CT molecular complexity index is 3630. The predicted octanol–water partition coefficient (Wildman–Crippen LogP) is 2.83. The van der Waals surface area contributed by atoms with Crippen molar-refractivity contribution in [2.45, 2.75) is 119 Å². The van der Waals surface area contributed by atoms with Crippen LogP contribution in [-0.2, 0) is 66.3 Å². The number of ketones is 1. The maximum Gasteiger partial charge on any atom is 1.00 e. The van der Waals surface area contributed by atoms with Crippen LogP contribution in [0.1, 0.15) is 108 Å². The Morgan fingerprint density at radius 3 is 1.42 bits per heavy atom. The summed E-state index contributed by atoms with van der Waals surface area (Å²) in [6.07, 6.45) is 0.596. The van der Waals surface area contributed by atoms with E-state index in [2.05, 4.69) is 58.7 Å². The number of rotatable bonds is 24. The number of hydrogen-bond donors (Lipinski definition) is 7. The first-order valence-electron chi connectivity index (χ1n) is 28.9. The number of nitrogens with one attached hydrogen (secondary N) is 3. The number of benzene rings is 5. The summed E-state index contributed by atoms with van der Waals surface area (Å²) in [5.41, 5.74) is 18.5. The van der Waals surface area contributed by atoms with Crippen LogP contribution in [0.5, 0.6) is 0 Å². The molecule has 0 aliphatic heterocycles. The molecule has 0 aliphatic rings. The van der Waals surface area contributed by atoms with Crippen LogP contribution in [0, 0.1) is 35.2 Å². The third kappa shape index (κ3) is 31.7. The van der Waals surface area contributed by atoms with Crippen LogP contribution in [0.25, 0.3) is 21.8 Å². The second kappa shape index (κ2) is 47.2. The summed E-state index contributed by atoms with van der Waals surface area (Å²) in [7, 11) is 0. The summed E-state index contributed by atoms with van der Waals surface area (Å²) in [5, 5.41) is 34.9. The van der Waals surface area contributed by atoms with Gasteiger partial charge in [-0.25, -0.2) is 13.2 Å². The van der Waals surface area contributed by atoms with Gasteiger partial charge in [0.15, 0.2) is 11.4 Å². The second-order valence-electron chi connectivity index (χ2n) is 21.7. The van der Waals surface area contributed by atoms with Crippen LogP contribution in [-0.4, -0.2) is 114 Å². The summed E-state index contributed by atoms with van der Waals surface area (Å²) in [5.74, 6) is -3.82. The fourth-order valence-corrected chi connectivity index (χ4v) is 8.34. The Morgan fingerprint density at radius 1 is 0.642 bits per heavy atom. The SMILES string of the molecule is CC(C)C(C)N.CC(C)C(C)N(CC(=O)NCc1cccc(Cl)c1F)C(=O)Cn1nc(C(N)=O)c2ccccc21.CC(C)C(C)NCC(=O)NCc1cccc(Cl)c1F.NC(=O)c1nn(CC(=O)O)c2ccccc12.O=C(CCl)CCc1cccc(Cl)c1F.O=CO[O-].[H-].[K+].[K+]. The van der Waals surface area contributed by atoms with Crippen molar-refractivity contribution in [3.63, 3.8) is 0 Å². The fraction of sp³-hybridized carbons (Fsp3) is 0.375. The molecule has 0 fully saturated rings. The number of Topliss-reactive ketones (excluding diaryl/α,β-unsaturated/α-hetero) is 1. The van der Waals surface area contributed by atoms with E-state index in [-0.39, 0.29) is 230 Å². The van der Waals surface area contributed by atoms with Crippen molar-refractivity contribution in [3.05, 3.63) is 164 Å². The number of fused-ring (bicyclic) bond motifs is 2. The van der Waals surface area contributed by atoms with Gasteiger partial charge in [0.25, 0.3) is 18.3 Å². The Hall–Kier alpha value is -4.90. The molecule has 0 saturated carbocycles. The standard InChI is InChI=1S/C24H27ClFN5O3.C14H20ClFN2O.C10H9Cl2FO.C10H9N3O3.C5H13N.CH2O3.2K.H/c1-14(2)15(3)30(12-20(32)28-11-16-7-6-9-18(25)22(16)26)21(33)13-31-19-10-5-4-8-17(19)23(29-31)24(27)34;1-9(2)10(3)17-8-13(19)18-7-11-5-4-6-12(15)14(11)16;11-6-8(14)5-4-7-2-1-3-9(12)10(7)13;11-10(16)9-6-3-1-2-4-7(6)13(12-9)5-8(14)15;1-4(2)5(3)6;2-1-4-3;;;/h4-10,14-15H,11-13H2,1-3H3,(H2,27,34)(H,28,32);4-6,9-10,17H,7-8H2,1-3H3,(H,18,19);1-3H,4-6H2;1-4H,5H2,(H2,11,16)(H,14,15);4-5H,6H2,1-3H3;1,3H;;;/q;;;;;;2*+1;-1/p-1. The molecule has 0 saturated heterocycles. The predicted molar refractivity (Wildman–Crippen MR) is 351 cm³/mol. The summed E-state index contributed by atoms with van der Waals surface area (Å²) < 4.78 is 43.6. The van der Waals surface area contributed by atoms with E-state index in [0.717, 1.165) is 0 Å². The Morgan fingerprint density at radius 2 is 1.04 bits per heavy atom. The van der Waals surface area contributed by atoms with Gasteiger partial charge in [0.1, 0.15) is 36.3 Å². The maximum absolute atomic E-state index is 14.1. The normalized spacial score (nSPS) is 11.3. The van der Waals surface area contributed by atoms with Gasteiger partial charge in [0.05, 0.1) is 45.1 Å². The summed E-state index contributed by atoms with van der Waals surface area (Å²) in [6.45, 7) is 17.6. The molecule has 0 spiro atoms. The molecule has 22 nitrogen and oxygen atoms in total. The number of carbonyl (C=O) groups excluding carboxylic acids is 7. The monoisotopic (exact) mass is 1450 g/mol. The molecule has 0 radical (unpaired) electrons. The number of nitrogens with two attached hydrogens (primary N) is 3. The molecule has 7 aromatic rings. The third-order valence-corrected chi connectivity index (χ3v) is 15.2. The number of primary amides is 2. The van der Waals surface area contributed by atoms with E-state index in [1.165, 1.54) is 38.5 Å². The van der Waals surface area contributed by atoms with Gasteiger partial charge in [-0.15, -0.1) is 11.6 Å². The molecule has 3 atom stereocenters. The number of para-hydroxylation sites is 2. The van der Waals surface area contributed by atoms with Gasteiger partial charge in [0, 0.05) is 59.5 Å². The van der Waals surface area contributed by atoms with E-state index in [4.69, 9.17) is 78.8 Å². The molecule has 5 aromatic carbocycles. The van der Waals surface area contributed by atoms with Crippen LogP contribution < -0.4 is 141 Å². The Kier molecular flexibility index (Phi) is 44.7. The van der Waals surface area contributed by atoms with Gasteiger partial charge >= 0.3 is 109 Å². The third-order valence-electron chi connectivity index (χ3n) is 14.0.